The highest BCUT2D eigenvalue weighted by Crippen LogP contribution is 2.12. The highest BCUT2D eigenvalue weighted by Gasteiger charge is 2.14. The number of nitrogens with one attached hydrogen (secondary N) is 1. The number of carbonyl (C=O) groups is 2. The maximum Gasteiger partial charge on any atom is 0.338 e. The van der Waals surface area contributed by atoms with E-state index >= 15 is 0 Å². The SMILES string of the molecule is CCCCOC(=O)c1ccc(NC(=O)c2cnc3ccc(C)cn3c2=O)cc1. The third-order valence-corrected chi connectivity index (χ3v) is 4.20. The van der Waals surface area contributed by atoms with Crippen molar-refractivity contribution in [1.29, 1.82) is 0 Å². The monoisotopic (exact) mass is 379 g/mol. The summed E-state index contributed by atoms with van der Waals surface area (Å²) in [6, 6.07) is 9.87. The normalized spacial score (nSPS) is 10.6. The van der Waals surface area contributed by atoms with Gasteiger partial charge in [-0.25, -0.2) is 9.78 Å². The zero-order valence-electron chi connectivity index (χ0n) is 15.8. The third-order valence-electron chi connectivity index (χ3n) is 4.20. The van der Waals surface area contributed by atoms with E-state index in [0.717, 1.165) is 18.4 Å². The Morgan fingerprint density at radius 2 is 1.89 bits per heavy atom. The van der Waals surface area contributed by atoms with Crippen LogP contribution in [0.3, 0.4) is 0 Å². The number of carbonyl (C=O) groups excluding carboxylic acids is 2. The summed E-state index contributed by atoms with van der Waals surface area (Å²) in [7, 11) is 0. The Kier molecular flexibility index (Phi) is 5.84. The Morgan fingerprint density at radius 1 is 1.14 bits per heavy atom. The molecule has 2 heterocycles. The van der Waals surface area contributed by atoms with Gasteiger partial charge in [0.15, 0.2) is 0 Å². The largest absolute Gasteiger partial charge is 0.462 e. The van der Waals surface area contributed by atoms with E-state index in [9.17, 15) is 14.4 Å². The Bertz CT molecular complexity index is 1070. The van der Waals surface area contributed by atoms with Crippen molar-refractivity contribution in [1.82, 2.24) is 9.38 Å². The average Bonchev–Trinajstić information content (AvgIpc) is 2.69. The molecule has 0 atom stereocenters. The molecule has 3 rings (SSSR count). The van der Waals surface area contributed by atoms with Gasteiger partial charge in [0.1, 0.15) is 11.2 Å². The summed E-state index contributed by atoms with van der Waals surface area (Å²) in [6.45, 7) is 4.25. The molecule has 7 nitrogen and oxygen atoms in total. The van der Waals surface area contributed by atoms with E-state index in [-0.39, 0.29) is 5.56 Å². The van der Waals surface area contributed by atoms with Crippen LogP contribution in [0.25, 0.3) is 5.65 Å². The quantitative estimate of drug-likeness (QED) is 0.525. The summed E-state index contributed by atoms with van der Waals surface area (Å²) in [6.07, 6.45) is 4.67. The van der Waals surface area contributed by atoms with Gasteiger partial charge in [0, 0.05) is 18.1 Å². The van der Waals surface area contributed by atoms with Crippen molar-refractivity contribution in [3.05, 3.63) is 75.8 Å². The summed E-state index contributed by atoms with van der Waals surface area (Å²) in [5, 5.41) is 2.65. The number of aromatic nitrogens is 2. The molecule has 7 heteroatoms. The highest BCUT2D eigenvalue weighted by molar-refractivity contribution is 6.04. The van der Waals surface area contributed by atoms with Crippen LogP contribution in [0, 0.1) is 6.92 Å². The molecular formula is C21H21N3O4. The standard InChI is InChI=1S/C21H21N3O4/c1-3-4-11-28-21(27)15-6-8-16(9-7-15)23-19(25)17-12-22-18-10-5-14(2)13-24(18)20(17)26/h5-10,12-13H,3-4,11H2,1-2H3,(H,23,25). The molecule has 0 fully saturated rings. The molecule has 0 aliphatic heterocycles. The van der Waals surface area contributed by atoms with Crippen LogP contribution in [0.4, 0.5) is 5.69 Å². The van der Waals surface area contributed by atoms with E-state index < -0.39 is 17.4 Å². The molecule has 0 unspecified atom stereocenters. The maximum atomic E-state index is 12.6. The minimum absolute atomic E-state index is 0.0637. The predicted octanol–water partition coefficient (Wildman–Crippen LogP) is 3.21. The average molecular weight is 379 g/mol. The molecule has 0 aliphatic rings. The summed E-state index contributed by atoms with van der Waals surface area (Å²) in [5.74, 6) is -0.967. The van der Waals surface area contributed by atoms with E-state index in [1.807, 2.05) is 19.9 Å². The van der Waals surface area contributed by atoms with E-state index in [1.165, 1.54) is 10.6 Å². The van der Waals surface area contributed by atoms with Crippen LogP contribution in [0.1, 0.15) is 46.0 Å². The number of hydrogen-bond donors (Lipinski definition) is 1. The first-order valence-electron chi connectivity index (χ1n) is 9.06. The molecule has 0 saturated heterocycles. The van der Waals surface area contributed by atoms with E-state index in [4.69, 9.17) is 4.74 Å². The Labute approximate surface area is 162 Å². The van der Waals surface area contributed by atoms with Crippen molar-refractivity contribution in [2.75, 3.05) is 11.9 Å². The van der Waals surface area contributed by atoms with Gasteiger partial charge < -0.3 is 10.1 Å². The Morgan fingerprint density at radius 3 is 2.61 bits per heavy atom. The topological polar surface area (TPSA) is 89.8 Å². The minimum atomic E-state index is -0.563. The van der Waals surface area contributed by atoms with E-state index in [0.29, 0.717) is 23.5 Å². The van der Waals surface area contributed by atoms with Gasteiger partial charge in [0.2, 0.25) is 0 Å². The summed E-state index contributed by atoms with van der Waals surface area (Å²) in [4.78, 5) is 41.2. The highest BCUT2D eigenvalue weighted by atomic mass is 16.5. The second kappa shape index (κ2) is 8.47. The number of anilines is 1. The minimum Gasteiger partial charge on any atom is -0.462 e. The fourth-order valence-electron chi connectivity index (χ4n) is 2.62. The molecular weight excluding hydrogens is 358 g/mol. The number of hydrogen-bond acceptors (Lipinski definition) is 5. The van der Waals surface area contributed by atoms with Crippen LogP contribution in [0.2, 0.25) is 0 Å². The third kappa shape index (κ3) is 4.25. The lowest BCUT2D eigenvalue weighted by atomic mass is 10.2. The van der Waals surface area contributed by atoms with Gasteiger partial charge in [0.25, 0.3) is 11.5 Å². The number of ether oxygens (including phenoxy) is 1. The van der Waals surface area contributed by atoms with Crippen molar-refractivity contribution in [3.63, 3.8) is 0 Å². The Hall–Kier alpha value is -3.48. The molecule has 3 aromatic rings. The number of fused-ring (bicyclic) bond motifs is 1. The fraction of sp³-hybridized carbons (Fsp3) is 0.238. The lowest BCUT2D eigenvalue weighted by Gasteiger charge is -2.08. The molecule has 0 saturated carbocycles. The Balaban J connectivity index is 1.74. The smallest absolute Gasteiger partial charge is 0.338 e. The maximum absolute atomic E-state index is 12.6. The predicted molar refractivity (Wildman–Crippen MR) is 106 cm³/mol. The first-order chi connectivity index (χ1) is 13.5. The van der Waals surface area contributed by atoms with E-state index in [1.54, 1.807) is 36.5 Å². The van der Waals surface area contributed by atoms with Gasteiger partial charge in [-0.2, -0.15) is 0 Å². The molecule has 2 aromatic heterocycles. The molecule has 0 radical (unpaired) electrons. The van der Waals surface area contributed by atoms with Gasteiger partial charge in [-0.3, -0.25) is 14.0 Å². The number of amides is 1. The number of unbranched alkanes of at least 4 members (excludes halogenated alkanes) is 1. The van der Waals surface area contributed by atoms with Crippen molar-refractivity contribution < 1.29 is 14.3 Å². The van der Waals surface area contributed by atoms with Crippen LogP contribution in [0.5, 0.6) is 0 Å². The van der Waals surface area contributed by atoms with Crippen LogP contribution >= 0.6 is 0 Å². The zero-order valence-corrected chi connectivity index (χ0v) is 15.8. The number of nitrogens with zero attached hydrogens (tertiary/aromatic N) is 2. The van der Waals surface area contributed by atoms with Crippen molar-refractivity contribution in [3.8, 4) is 0 Å². The number of benzene rings is 1. The van der Waals surface area contributed by atoms with Gasteiger partial charge in [-0.15, -0.1) is 0 Å². The summed E-state index contributed by atoms with van der Waals surface area (Å²) >= 11 is 0. The van der Waals surface area contributed by atoms with Crippen LogP contribution < -0.4 is 10.9 Å². The summed E-state index contributed by atoms with van der Waals surface area (Å²) < 4.78 is 6.49. The second-order valence-electron chi connectivity index (χ2n) is 6.43. The molecule has 1 aromatic carbocycles. The van der Waals surface area contributed by atoms with E-state index in [2.05, 4.69) is 10.3 Å². The van der Waals surface area contributed by atoms with Crippen molar-refractivity contribution in [2.24, 2.45) is 0 Å². The number of rotatable bonds is 6. The number of aryl methyl sites for hydroxylation is 1. The molecule has 1 N–H and O–H groups in total. The fourth-order valence-corrected chi connectivity index (χ4v) is 2.62. The van der Waals surface area contributed by atoms with Crippen LogP contribution in [0.15, 0.2) is 53.6 Å². The molecule has 1 amide bonds. The zero-order chi connectivity index (χ0) is 20.1. The first-order valence-corrected chi connectivity index (χ1v) is 9.06. The summed E-state index contributed by atoms with van der Waals surface area (Å²) in [5.41, 5.74) is 1.71. The lowest BCUT2D eigenvalue weighted by Crippen LogP contribution is -2.26. The van der Waals surface area contributed by atoms with Gasteiger partial charge in [-0.1, -0.05) is 19.4 Å². The molecule has 0 spiro atoms. The van der Waals surface area contributed by atoms with Crippen LogP contribution in [-0.2, 0) is 4.74 Å². The molecule has 28 heavy (non-hydrogen) atoms. The van der Waals surface area contributed by atoms with Gasteiger partial charge in [0.05, 0.1) is 12.2 Å². The lowest BCUT2D eigenvalue weighted by molar-refractivity contribution is 0.0499. The first kappa shape index (κ1) is 19.3. The van der Waals surface area contributed by atoms with Crippen molar-refractivity contribution in [2.45, 2.75) is 26.7 Å². The van der Waals surface area contributed by atoms with Crippen molar-refractivity contribution >= 4 is 23.2 Å². The molecule has 144 valence electrons. The van der Waals surface area contributed by atoms with Gasteiger partial charge >= 0.3 is 5.97 Å². The number of esters is 1. The molecule has 0 aliphatic carbocycles. The second-order valence-corrected chi connectivity index (χ2v) is 6.43. The van der Waals surface area contributed by atoms with Crippen LogP contribution in [-0.4, -0.2) is 27.9 Å². The van der Waals surface area contributed by atoms with Gasteiger partial charge in [-0.05, 0) is 49.2 Å². The number of pyridine rings is 1. The molecule has 0 bridgehead atoms.